The van der Waals surface area contributed by atoms with Crippen molar-refractivity contribution in [3.05, 3.63) is 6.20 Å². The molecule has 1 atom stereocenters. The number of nitrogens with one attached hydrogen (secondary N) is 1. The first-order chi connectivity index (χ1) is 10.6. The lowest BCUT2D eigenvalue weighted by Crippen LogP contribution is -2.43. The van der Waals surface area contributed by atoms with E-state index in [1.165, 1.54) is 11.1 Å². The average Bonchev–Trinajstić information content (AvgIpc) is 2.84. The van der Waals surface area contributed by atoms with E-state index in [0.29, 0.717) is 18.3 Å². The van der Waals surface area contributed by atoms with E-state index in [0.717, 1.165) is 12.8 Å². The summed E-state index contributed by atoms with van der Waals surface area (Å²) < 4.78 is 10.5. The Morgan fingerprint density at radius 3 is 2.95 bits per heavy atom. The fourth-order valence-electron chi connectivity index (χ4n) is 2.92. The number of nitrogens with two attached hydrogens (primary N) is 1. The molecule has 0 radical (unpaired) electrons. The Hall–Kier alpha value is -2.42. The van der Waals surface area contributed by atoms with Gasteiger partial charge >= 0.3 is 6.09 Å². The van der Waals surface area contributed by atoms with Crippen LogP contribution >= 0.6 is 0 Å². The SMILES string of the molecule is N[C@H]1C[C@H](C2CN(c3cnc4c(n3)NC(=O)CO4)C(=O)O2)C1. The van der Waals surface area contributed by atoms with Gasteiger partial charge in [-0.25, -0.2) is 14.8 Å². The van der Waals surface area contributed by atoms with Crippen LogP contribution in [-0.4, -0.2) is 47.3 Å². The van der Waals surface area contributed by atoms with Crippen LogP contribution < -0.4 is 20.7 Å². The predicted octanol–water partition coefficient (Wildman–Crippen LogP) is -0.130. The van der Waals surface area contributed by atoms with E-state index < -0.39 is 6.09 Å². The Morgan fingerprint density at radius 2 is 2.18 bits per heavy atom. The van der Waals surface area contributed by atoms with Crippen molar-refractivity contribution in [3.63, 3.8) is 0 Å². The van der Waals surface area contributed by atoms with Gasteiger partial charge in [0.2, 0.25) is 0 Å². The Labute approximate surface area is 125 Å². The zero-order valence-corrected chi connectivity index (χ0v) is 11.7. The van der Waals surface area contributed by atoms with Gasteiger partial charge < -0.3 is 20.5 Å². The van der Waals surface area contributed by atoms with Crippen molar-refractivity contribution < 1.29 is 19.1 Å². The number of carbonyl (C=O) groups is 2. The number of ether oxygens (including phenoxy) is 2. The van der Waals surface area contributed by atoms with Crippen LogP contribution in [0.2, 0.25) is 0 Å². The molecule has 2 amide bonds. The fourth-order valence-corrected chi connectivity index (χ4v) is 2.92. The Bertz CT molecular complexity index is 645. The van der Waals surface area contributed by atoms with E-state index in [9.17, 15) is 9.59 Å². The fraction of sp³-hybridized carbons (Fsp3) is 0.538. The van der Waals surface area contributed by atoms with Crippen molar-refractivity contribution in [1.29, 1.82) is 0 Å². The third-order valence-corrected chi connectivity index (χ3v) is 4.17. The molecule has 1 saturated heterocycles. The van der Waals surface area contributed by atoms with Crippen molar-refractivity contribution in [2.24, 2.45) is 11.7 Å². The van der Waals surface area contributed by atoms with E-state index in [2.05, 4.69) is 15.3 Å². The first kappa shape index (κ1) is 13.3. The van der Waals surface area contributed by atoms with Gasteiger partial charge in [0.1, 0.15) is 6.10 Å². The van der Waals surface area contributed by atoms with Crippen molar-refractivity contribution in [2.75, 3.05) is 23.4 Å². The van der Waals surface area contributed by atoms with Gasteiger partial charge in [0, 0.05) is 12.0 Å². The maximum atomic E-state index is 12.0. The van der Waals surface area contributed by atoms with Crippen molar-refractivity contribution in [1.82, 2.24) is 9.97 Å². The monoisotopic (exact) mass is 305 g/mol. The molecule has 4 rings (SSSR count). The molecule has 1 aromatic rings. The normalized spacial score (nSPS) is 30.0. The van der Waals surface area contributed by atoms with Crippen molar-refractivity contribution in [3.8, 4) is 5.88 Å². The standard InChI is InChI=1S/C13H15N5O4/c14-7-1-6(2-7)8-4-18(13(20)22-8)9-3-15-12-11(16-9)17-10(19)5-21-12/h3,6-8H,1-2,4-5,14H2,(H,16,17,19)/t6-,7-,8?. The second-order valence-corrected chi connectivity index (χ2v) is 5.74. The summed E-state index contributed by atoms with van der Waals surface area (Å²) in [6.45, 7) is 0.329. The molecule has 1 aliphatic carbocycles. The molecule has 2 aliphatic heterocycles. The van der Waals surface area contributed by atoms with Crippen LogP contribution in [0.5, 0.6) is 5.88 Å². The summed E-state index contributed by atoms with van der Waals surface area (Å²) in [5.41, 5.74) is 5.78. The van der Waals surface area contributed by atoms with Gasteiger partial charge in [-0.05, 0) is 12.8 Å². The molecule has 0 bridgehead atoms. The molecular formula is C13H15N5O4. The van der Waals surface area contributed by atoms with Crippen molar-refractivity contribution >= 4 is 23.6 Å². The van der Waals surface area contributed by atoms with E-state index >= 15 is 0 Å². The van der Waals surface area contributed by atoms with Gasteiger partial charge in [0.15, 0.2) is 18.2 Å². The largest absolute Gasteiger partial charge is 0.465 e. The molecule has 3 heterocycles. The quantitative estimate of drug-likeness (QED) is 0.781. The Morgan fingerprint density at radius 1 is 1.36 bits per heavy atom. The third kappa shape index (κ3) is 2.13. The summed E-state index contributed by atoms with van der Waals surface area (Å²) in [4.78, 5) is 33.1. The summed E-state index contributed by atoms with van der Waals surface area (Å²) in [7, 11) is 0. The molecule has 3 aliphatic rings. The molecule has 1 aromatic heterocycles. The molecule has 9 nitrogen and oxygen atoms in total. The smallest absolute Gasteiger partial charge is 0.416 e. The van der Waals surface area contributed by atoms with Crippen LogP contribution in [0, 0.1) is 5.92 Å². The Kier molecular flexibility index (Phi) is 2.89. The molecule has 3 N–H and O–H groups in total. The van der Waals surface area contributed by atoms with Gasteiger partial charge in [0.25, 0.3) is 11.8 Å². The highest BCUT2D eigenvalue weighted by Crippen LogP contribution is 2.35. The van der Waals surface area contributed by atoms with Crippen LogP contribution in [0.3, 0.4) is 0 Å². The van der Waals surface area contributed by atoms with E-state index in [1.54, 1.807) is 0 Å². The van der Waals surface area contributed by atoms with Gasteiger partial charge in [-0.3, -0.25) is 9.69 Å². The van der Waals surface area contributed by atoms with Crippen LogP contribution in [-0.2, 0) is 9.53 Å². The van der Waals surface area contributed by atoms with E-state index in [-0.39, 0.29) is 36.4 Å². The number of hydrogen-bond donors (Lipinski definition) is 2. The minimum Gasteiger partial charge on any atom is -0.465 e. The molecular weight excluding hydrogens is 290 g/mol. The zero-order valence-electron chi connectivity index (χ0n) is 11.7. The van der Waals surface area contributed by atoms with Gasteiger partial charge in [-0.15, -0.1) is 0 Å². The lowest BCUT2D eigenvalue weighted by atomic mass is 9.77. The minimum absolute atomic E-state index is 0.0865. The number of aromatic nitrogens is 2. The lowest BCUT2D eigenvalue weighted by Gasteiger charge is -2.35. The molecule has 0 spiro atoms. The summed E-state index contributed by atoms with van der Waals surface area (Å²) in [6.07, 6.45) is 2.54. The highest BCUT2D eigenvalue weighted by molar-refractivity contribution is 5.94. The molecule has 2 fully saturated rings. The number of cyclic esters (lactones) is 1. The van der Waals surface area contributed by atoms with Crippen molar-refractivity contribution in [2.45, 2.75) is 25.0 Å². The van der Waals surface area contributed by atoms with Gasteiger partial charge in [0.05, 0.1) is 12.7 Å². The number of fused-ring (bicyclic) bond motifs is 1. The number of anilines is 2. The summed E-state index contributed by atoms with van der Waals surface area (Å²) in [6, 6.07) is 0.202. The minimum atomic E-state index is -0.456. The number of nitrogens with zero attached hydrogens (tertiary/aromatic N) is 3. The van der Waals surface area contributed by atoms with Crippen LogP contribution in [0.4, 0.5) is 16.4 Å². The molecule has 9 heteroatoms. The second-order valence-electron chi connectivity index (χ2n) is 5.74. The number of hydrogen-bond acceptors (Lipinski definition) is 7. The Balaban J connectivity index is 1.53. The van der Waals surface area contributed by atoms with Crippen LogP contribution in [0.1, 0.15) is 12.8 Å². The van der Waals surface area contributed by atoms with Gasteiger partial charge in [-0.2, -0.15) is 0 Å². The predicted molar refractivity (Wildman–Crippen MR) is 74.5 cm³/mol. The van der Waals surface area contributed by atoms with E-state index in [1.807, 2.05) is 0 Å². The summed E-state index contributed by atoms with van der Waals surface area (Å²) in [5.74, 6) is 0.802. The average molecular weight is 305 g/mol. The zero-order chi connectivity index (χ0) is 15.3. The molecule has 0 aromatic carbocycles. The highest BCUT2D eigenvalue weighted by Gasteiger charge is 2.43. The maximum absolute atomic E-state index is 12.0. The summed E-state index contributed by atoms with van der Waals surface area (Å²) >= 11 is 0. The molecule has 22 heavy (non-hydrogen) atoms. The maximum Gasteiger partial charge on any atom is 0.416 e. The van der Waals surface area contributed by atoms with Crippen LogP contribution in [0.15, 0.2) is 6.20 Å². The third-order valence-electron chi connectivity index (χ3n) is 4.17. The van der Waals surface area contributed by atoms with Gasteiger partial charge in [-0.1, -0.05) is 0 Å². The first-order valence-electron chi connectivity index (χ1n) is 7.13. The lowest BCUT2D eigenvalue weighted by molar-refractivity contribution is -0.118. The number of rotatable bonds is 2. The second kappa shape index (κ2) is 4.80. The first-order valence-corrected chi connectivity index (χ1v) is 7.13. The molecule has 1 unspecified atom stereocenters. The topological polar surface area (TPSA) is 120 Å². The number of amides is 2. The number of carbonyl (C=O) groups excluding carboxylic acids is 2. The van der Waals surface area contributed by atoms with E-state index in [4.69, 9.17) is 15.2 Å². The highest BCUT2D eigenvalue weighted by atomic mass is 16.6. The molecule has 116 valence electrons. The van der Waals surface area contributed by atoms with Crippen LogP contribution in [0.25, 0.3) is 0 Å². The molecule has 1 saturated carbocycles. The summed E-state index contributed by atoms with van der Waals surface area (Å²) in [5, 5.41) is 2.57.